The van der Waals surface area contributed by atoms with Gasteiger partial charge in [-0.25, -0.2) is 8.42 Å². The van der Waals surface area contributed by atoms with Crippen molar-refractivity contribution in [2.75, 3.05) is 20.8 Å². The zero-order chi connectivity index (χ0) is 18.0. The summed E-state index contributed by atoms with van der Waals surface area (Å²) >= 11 is 6.13. The number of benzene rings is 2. The number of hydrogen-bond acceptors (Lipinski definition) is 4. The number of rotatable bonds is 5. The summed E-state index contributed by atoms with van der Waals surface area (Å²) in [5.74, 6) is 1.28. The number of methoxy groups -OCH3 is 2. The van der Waals surface area contributed by atoms with E-state index in [1.54, 1.807) is 38.5 Å². The lowest BCUT2D eigenvalue weighted by Crippen LogP contribution is -2.31. The highest BCUT2D eigenvalue weighted by Gasteiger charge is 2.38. The van der Waals surface area contributed by atoms with Crippen LogP contribution >= 0.6 is 11.6 Å². The van der Waals surface area contributed by atoms with Crippen LogP contribution in [0.15, 0.2) is 47.4 Å². The summed E-state index contributed by atoms with van der Waals surface area (Å²) in [6.07, 6.45) is 1.51. The summed E-state index contributed by atoms with van der Waals surface area (Å²) in [4.78, 5) is 0.135. The molecule has 134 valence electrons. The van der Waals surface area contributed by atoms with E-state index < -0.39 is 10.0 Å². The fourth-order valence-electron chi connectivity index (χ4n) is 3.21. The van der Waals surface area contributed by atoms with E-state index in [1.165, 1.54) is 10.4 Å². The van der Waals surface area contributed by atoms with Crippen molar-refractivity contribution in [2.24, 2.45) is 0 Å². The average molecular weight is 382 g/mol. The van der Waals surface area contributed by atoms with E-state index in [-0.39, 0.29) is 16.0 Å². The van der Waals surface area contributed by atoms with Crippen LogP contribution in [0.5, 0.6) is 11.5 Å². The van der Waals surface area contributed by atoms with Gasteiger partial charge in [-0.15, -0.1) is 0 Å². The quantitative estimate of drug-likeness (QED) is 0.788. The smallest absolute Gasteiger partial charge is 0.245 e. The molecule has 1 fully saturated rings. The van der Waals surface area contributed by atoms with Crippen LogP contribution in [-0.2, 0) is 10.0 Å². The molecule has 1 saturated heterocycles. The normalized spacial score (nSPS) is 18.3. The van der Waals surface area contributed by atoms with Crippen molar-refractivity contribution in [3.8, 4) is 11.5 Å². The molecule has 1 unspecified atom stereocenters. The Balaban J connectivity index is 2.03. The molecule has 1 aliphatic heterocycles. The molecule has 0 aliphatic carbocycles. The largest absolute Gasteiger partial charge is 0.497 e. The number of sulfonamides is 1. The zero-order valence-corrected chi connectivity index (χ0v) is 15.7. The second kappa shape index (κ2) is 7.23. The number of halogens is 1. The third kappa shape index (κ3) is 3.34. The van der Waals surface area contributed by atoms with Gasteiger partial charge in [-0.05, 0) is 31.0 Å². The summed E-state index contributed by atoms with van der Waals surface area (Å²) in [5, 5.41) is 0.231. The van der Waals surface area contributed by atoms with E-state index in [4.69, 9.17) is 21.1 Å². The highest BCUT2D eigenvalue weighted by atomic mass is 35.5. The molecule has 0 spiro atoms. The summed E-state index contributed by atoms with van der Waals surface area (Å²) in [6, 6.07) is 11.7. The van der Waals surface area contributed by atoms with Gasteiger partial charge in [0.05, 0.1) is 25.3 Å². The lowest BCUT2D eigenvalue weighted by atomic mass is 10.0. The van der Waals surface area contributed by atoms with Crippen molar-refractivity contribution in [3.63, 3.8) is 0 Å². The molecule has 3 rings (SSSR count). The molecule has 0 amide bonds. The third-order valence-corrected chi connectivity index (χ3v) is 6.83. The van der Waals surface area contributed by atoms with E-state index in [1.807, 2.05) is 12.1 Å². The van der Waals surface area contributed by atoms with E-state index in [0.29, 0.717) is 18.0 Å². The molecule has 5 nitrogen and oxygen atoms in total. The fourth-order valence-corrected chi connectivity index (χ4v) is 5.38. The van der Waals surface area contributed by atoms with Crippen LogP contribution < -0.4 is 9.47 Å². The molecular weight excluding hydrogens is 362 g/mol. The van der Waals surface area contributed by atoms with E-state index >= 15 is 0 Å². The first-order chi connectivity index (χ1) is 12.0. The minimum Gasteiger partial charge on any atom is -0.497 e. The van der Waals surface area contributed by atoms with E-state index in [0.717, 1.165) is 18.4 Å². The van der Waals surface area contributed by atoms with E-state index in [9.17, 15) is 8.42 Å². The summed E-state index contributed by atoms with van der Waals surface area (Å²) in [6.45, 7) is 0.452. The molecule has 0 bridgehead atoms. The molecule has 25 heavy (non-hydrogen) atoms. The Morgan fingerprint density at radius 3 is 2.56 bits per heavy atom. The highest BCUT2D eigenvalue weighted by Crippen LogP contribution is 2.42. The molecular formula is C18H20ClNO4S. The van der Waals surface area contributed by atoms with Gasteiger partial charge in [-0.3, -0.25) is 0 Å². The molecule has 0 aromatic heterocycles. The minimum atomic E-state index is -3.69. The van der Waals surface area contributed by atoms with Crippen molar-refractivity contribution < 1.29 is 17.9 Å². The van der Waals surface area contributed by atoms with Crippen molar-refractivity contribution in [1.82, 2.24) is 4.31 Å². The van der Waals surface area contributed by atoms with Gasteiger partial charge in [0.1, 0.15) is 16.4 Å². The Kier molecular flexibility index (Phi) is 5.22. The number of hydrogen-bond donors (Lipinski definition) is 0. The SMILES string of the molecule is COc1ccc(C2CCCN2S(=O)(=O)c2ccccc2Cl)c(OC)c1. The Morgan fingerprint density at radius 2 is 1.88 bits per heavy atom. The first-order valence-electron chi connectivity index (χ1n) is 7.97. The molecule has 0 N–H and O–H groups in total. The lowest BCUT2D eigenvalue weighted by Gasteiger charge is -2.26. The first-order valence-corrected chi connectivity index (χ1v) is 9.79. The van der Waals surface area contributed by atoms with Gasteiger partial charge in [-0.2, -0.15) is 4.31 Å². The van der Waals surface area contributed by atoms with E-state index in [2.05, 4.69) is 0 Å². The molecule has 1 aliphatic rings. The van der Waals surface area contributed by atoms with Gasteiger partial charge in [0.15, 0.2) is 0 Å². The Labute approximate surface area is 153 Å². The molecule has 0 saturated carbocycles. The van der Waals surface area contributed by atoms with Crippen LogP contribution in [0.4, 0.5) is 0 Å². The van der Waals surface area contributed by atoms with Crippen LogP contribution in [0.25, 0.3) is 0 Å². The van der Waals surface area contributed by atoms with Crippen LogP contribution in [0.1, 0.15) is 24.4 Å². The fraction of sp³-hybridized carbons (Fsp3) is 0.333. The van der Waals surface area contributed by atoms with Crippen LogP contribution in [-0.4, -0.2) is 33.5 Å². The first kappa shape index (κ1) is 18.0. The number of nitrogens with zero attached hydrogens (tertiary/aromatic N) is 1. The Hall–Kier alpha value is -1.76. The molecule has 0 radical (unpaired) electrons. The van der Waals surface area contributed by atoms with Crippen molar-refractivity contribution in [1.29, 1.82) is 0 Å². The lowest BCUT2D eigenvalue weighted by molar-refractivity contribution is 0.361. The van der Waals surface area contributed by atoms with Crippen LogP contribution in [0.3, 0.4) is 0 Å². The maximum Gasteiger partial charge on any atom is 0.245 e. The summed E-state index contributed by atoms with van der Waals surface area (Å²) in [5.41, 5.74) is 0.830. The van der Waals surface area contributed by atoms with Crippen molar-refractivity contribution >= 4 is 21.6 Å². The second-order valence-corrected chi connectivity index (χ2v) is 8.08. The summed E-state index contributed by atoms with van der Waals surface area (Å²) < 4.78 is 38.5. The molecule has 7 heteroatoms. The molecule has 1 atom stereocenters. The summed E-state index contributed by atoms with van der Waals surface area (Å²) in [7, 11) is -0.542. The monoisotopic (exact) mass is 381 g/mol. The molecule has 2 aromatic rings. The van der Waals surface area contributed by atoms with Gasteiger partial charge in [0.2, 0.25) is 10.0 Å². The van der Waals surface area contributed by atoms with Crippen molar-refractivity contribution in [3.05, 3.63) is 53.1 Å². The predicted molar refractivity (Wildman–Crippen MR) is 96.9 cm³/mol. The van der Waals surface area contributed by atoms with Gasteiger partial charge in [0, 0.05) is 18.2 Å². The molecule has 2 aromatic carbocycles. The second-order valence-electron chi connectivity index (χ2n) is 5.81. The zero-order valence-electron chi connectivity index (χ0n) is 14.1. The topological polar surface area (TPSA) is 55.8 Å². The Bertz CT molecular complexity index is 869. The average Bonchev–Trinajstić information content (AvgIpc) is 3.11. The maximum absolute atomic E-state index is 13.1. The Morgan fingerprint density at radius 1 is 1.12 bits per heavy atom. The highest BCUT2D eigenvalue weighted by molar-refractivity contribution is 7.89. The van der Waals surface area contributed by atoms with Crippen LogP contribution in [0, 0.1) is 0 Å². The van der Waals surface area contributed by atoms with Gasteiger partial charge >= 0.3 is 0 Å². The minimum absolute atomic E-state index is 0.135. The van der Waals surface area contributed by atoms with Crippen LogP contribution in [0.2, 0.25) is 5.02 Å². The number of ether oxygens (including phenoxy) is 2. The van der Waals surface area contributed by atoms with Gasteiger partial charge < -0.3 is 9.47 Å². The third-order valence-electron chi connectivity index (χ3n) is 4.43. The van der Waals surface area contributed by atoms with Gasteiger partial charge in [0.25, 0.3) is 0 Å². The standard InChI is InChI=1S/C18H20ClNO4S/c1-23-13-9-10-14(17(12-13)24-2)16-7-5-11-20(16)25(21,22)18-8-4-3-6-15(18)19/h3-4,6,8-10,12,16H,5,7,11H2,1-2H3. The predicted octanol–water partition coefficient (Wildman–Crippen LogP) is 3.88. The maximum atomic E-state index is 13.1. The van der Waals surface area contributed by atoms with Gasteiger partial charge in [-0.1, -0.05) is 29.8 Å². The molecule has 1 heterocycles. The van der Waals surface area contributed by atoms with Crippen molar-refractivity contribution in [2.45, 2.75) is 23.8 Å².